The number of nitrogens with one attached hydrogen (secondary N) is 1. The maximum absolute atomic E-state index is 5.59. The number of hydrogen-bond donors (Lipinski definition) is 1. The zero-order chi connectivity index (χ0) is 20.8. The number of ether oxygens (including phenoxy) is 2. The summed E-state index contributed by atoms with van der Waals surface area (Å²) in [7, 11) is 1.72. The highest BCUT2D eigenvalue weighted by molar-refractivity contribution is 6.02. The van der Waals surface area contributed by atoms with Crippen LogP contribution in [0.3, 0.4) is 0 Å². The summed E-state index contributed by atoms with van der Waals surface area (Å²) in [6, 6.07) is 18.4. The highest BCUT2D eigenvalue weighted by Gasteiger charge is 2.17. The third-order valence-electron chi connectivity index (χ3n) is 4.91. The van der Waals surface area contributed by atoms with Crippen LogP contribution in [-0.4, -0.2) is 41.4 Å². The van der Waals surface area contributed by atoms with Gasteiger partial charge in [0.1, 0.15) is 17.9 Å². The first kappa shape index (κ1) is 19.9. The molecule has 0 bridgehead atoms. The first-order valence-corrected chi connectivity index (χ1v) is 10.2. The van der Waals surface area contributed by atoms with Crippen LogP contribution in [0.4, 0.5) is 5.82 Å². The van der Waals surface area contributed by atoms with Gasteiger partial charge < -0.3 is 19.4 Å². The van der Waals surface area contributed by atoms with E-state index in [-0.39, 0.29) is 0 Å². The molecule has 0 saturated heterocycles. The summed E-state index contributed by atoms with van der Waals surface area (Å²) in [4.78, 5) is 9.16. The van der Waals surface area contributed by atoms with Crippen LogP contribution in [0.15, 0.2) is 67.1 Å². The van der Waals surface area contributed by atoms with Crippen molar-refractivity contribution in [3.63, 3.8) is 0 Å². The van der Waals surface area contributed by atoms with Gasteiger partial charge in [0.25, 0.3) is 0 Å². The second-order valence-corrected chi connectivity index (χ2v) is 6.90. The Morgan fingerprint density at radius 1 is 1.00 bits per heavy atom. The van der Waals surface area contributed by atoms with Crippen molar-refractivity contribution in [1.29, 1.82) is 0 Å². The van der Waals surface area contributed by atoms with Crippen LogP contribution in [0.25, 0.3) is 27.8 Å². The minimum atomic E-state index is 0.648. The van der Waals surface area contributed by atoms with Gasteiger partial charge in [0, 0.05) is 37.7 Å². The standard InChI is InChI=1S/C24H26N4O2/c1-3-30-20-12-10-19(11-13-20)28-16-21(18-8-5-4-6-9-18)22-23(25-14-7-15-29-2)26-17-27-24(22)28/h4-6,8-13,16-17H,3,7,14-15H2,1-2H3,(H,25,26,27). The summed E-state index contributed by atoms with van der Waals surface area (Å²) in [5.74, 6) is 1.69. The molecule has 0 fully saturated rings. The van der Waals surface area contributed by atoms with Crippen molar-refractivity contribution in [3.8, 4) is 22.6 Å². The van der Waals surface area contributed by atoms with Crippen molar-refractivity contribution < 1.29 is 9.47 Å². The third kappa shape index (κ3) is 4.14. The molecule has 0 spiro atoms. The second-order valence-electron chi connectivity index (χ2n) is 6.90. The molecule has 0 atom stereocenters. The average Bonchev–Trinajstić information content (AvgIpc) is 3.19. The second kappa shape index (κ2) is 9.41. The molecule has 0 radical (unpaired) electrons. The number of methoxy groups -OCH3 is 1. The smallest absolute Gasteiger partial charge is 0.150 e. The van der Waals surface area contributed by atoms with Gasteiger partial charge in [-0.3, -0.25) is 0 Å². The average molecular weight is 402 g/mol. The number of hydrogen-bond acceptors (Lipinski definition) is 5. The molecular formula is C24H26N4O2. The minimum Gasteiger partial charge on any atom is -0.494 e. The van der Waals surface area contributed by atoms with E-state index in [2.05, 4.69) is 38.2 Å². The Kier molecular flexibility index (Phi) is 6.25. The van der Waals surface area contributed by atoms with Gasteiger partial charge in [-0.1, -0.05) is 30.3 Å². The Morgan fingerprint density at radius 3 is 2.53 bits per heavy atom. The fourth-order valence-corrected chi connectivity index (χ4v) is 3.52. The molecule has 4 aromatic rings. The molecule has 6 nitrogen and oxygen atoms in total. The largest absolute Gasteiger partial charge is 0.494 e. The molecule has 154 valence electrons. The van der Waals surface area contributed by atoms with Crippen molar-refractivity contribution in [2.24, 2.45) is 0 Å². The molecular weight excluding hydrogens is 376 g/mol. The highest BCUT2D eigenvalue weighted by Crippen LogP contribution is 2.35. The van der Waals surface area contributed by atoms with Crippen molar-refractivity contribution in [3.05, 3.63) is 67.1 Å². The summed E-state index contributed by atoms with van der Waals surface area (Å²) in [6.07, 6.45) is 4.65. The number of nitrogens with zero attached hydrogens (tertiary/aromatic N) is 3. The quantitative estimate of drug-likeness (QED) is 0.402. The van der Waals surface area contributed by atoms with Gasteiger partial charge in [-0.2, -0.15) is 0 Å². The van der Waals surface area contributed by atoms with E-state index in [9.17, 15) is 0 Å². The van der Waals surface area contributed by atoms with Crippen LogP contribution >= 0.6 is 0 Å². The number of benzene rings is 2. The van der Waals surface area contributed by atoms with Crippen molar-refractivity contribution in [2.45, 2.75) is 13.3 Å². The van der Waals surface area contributed by atoms with Crippen LogP contribution in [0.2, 0.25) is 0 Å². The maximum Gasteiger partial charge on any atom is 0.150 e. The normalized spacial score (nSPS) is 11.0. The SMILES string of the molecule is CCOc1ccc(-n2cc(-c3ccccc3)c3c(NCCCOC)ncnc32)cc1. The van der Waals surface area contributed by atoms with E-state index >= 15 is 0 Å². The Balaban J connectivity index is 1.81. The lowest BCUT2D eigenvalue weighted by atomic mass is 10.1. The van der Waals surface area contributed by atoms with E-state index in [0.717, 1.165) is 52.4 Å². The summed E-state index contributed by atoms with van der Waals surface area (Å²) >= 11 is 0. The van der Waals surface area contributed by atoms with Gasteiger partial charge in [-0.05, 0) is 43.2 Å². The minimum absolute atomic E-state index is 0.648. The summed E-state index contributed by atoms with van der Waals surface area (Å²) < 4.78 is 12.9. The Hall–Kier alpha value is -3.38. The summed E-state index contributed by atoms with van der Waals surface area (Å²) in [6.45, 7) is 4.12. The van der Waals surface area contributed by atoms with Gasteiger partial charge in [0.2, 0.25) is 0 Å². The molecule has 2 heterocycles. The molecule has 0 aliphatic rings. The summed E-state index contributed by atoms with van der Waals surface area (Å²) in [5, 5.41) is 4.47. The monoisotopic (exact) mass is 402 g/mol. The van der Waals surface area contributed by atoms with Crippen LogP contribution in [0, 0.1) is 0 Å². The number of rotatable bonds is 9. The van der Waals surface area contributed by atoms with E-state index in [1.54, 1.807) is 13.4 Å². The van der Waals surface area contributed by atoms with Gasteiger partial charge in [-0.15, -0.1) is 0 Å². The Morgan fingerprint density at radius 2 is 1.80 bits per heavy atom. The maximum atomic E-state index is 5.59. The fourth-order valence-electron chi connectivity index (χ4n) is 3.52. The lowest BCUT2D eigenvalue weighted by molar-refractivity contribution is 0.198. The topological polar surface area (TPSA) is 61.2 Å². The highest BCUT2D eigenvalue weighted by atomic mass is 16.5. The molecule has 2 aromatic carbocycles. The molecule has 6 heteroatoms. The van der Waals surface area contributed by atoms with Crippen molar-refractivity contribution >= 4 is 16.9 Å². The molecule has 1 N–H and O–H groups in total. The molecule has 0 amide bonds. The summed E-state index contributed by atoms with van der Waals surface area (Å²) in [5.41, 5.74) is 4.10. The lowest BCUT2D eigenvalue weighted by Gasteiger charge is -2.09. The molecule has 0 aliphatic heterocycles. The van der Waals surface area contributed by atoms with Gasteiger partial charge in [-0.25, -0.2) is 9.97 Å². The first-order valence-electron chi connectivity index (χ1n) is 10.2. The number of fused-ring (bicyclic) bond motifs is 1. The van der Waals surface area contributed by atoms with E-state index in [0.29, 0.717) is 13.2 Å². The predicted octanol–water partition coefficient (Wildman–Crippen LogP) is 4.93. The van der Waals surface area contributed by atoms with E-state index in [1.165, 1.54) is 0 Å². The fraction of sp³-hybridized carbons (Fsp3) is 0.250. The van der Waals surface area contributed by atoms with E-state index < -0.39 is 0 Å². The van der Waals surface area contributed by atoms with E-state index in [1.807, 2.05) is 49.4 Å². The van der Waals surface area contributed by atoms with Crippen molar-refractivity contribution in [1.82, 2.24) is 14.5 Å². The van der Waals surface area contributed by atoms with Crippen LogP contribution in [-0.2, 0) is 4.74 Å². The lowest BCUT2D eigenvalue weighted by Crippen LogP contribution is -2.07. The van der Waals surface area contributed by atoms with E-state index in [4.69, 9.17) is 9.47 Å². The van der Waals surface area contributed by atoms with Crippen LogP contribution in [0.5, 0.6) is 5.75 Å². The van der Waals surface area contributed by atoms with Gasteiger partial charge in [0.05, 0.1) is 12.0 Å². The zero-order valence-corrected chi connectivity index (χ0v) is 17.3. The molecule has 0 saturated carbocycles. The van der Waals surface area contributed by atoms with Gasteiger partial charge in [0.15, 0.2) is 5.65 Å². The molecule has 30 heavy (non-hydrogen) atoms. The third-order valence-corrected chi connectivity index (χ3v) is 4.91. The molecule has 0 aliphatic carbocycles. The van der Waals surface area contributed by atoms with Gasteiger partial charge >= 0.3 is 0 Å². The Bertz CT molecular complexity index is 1090. The van der Waals surface area contributed by atoms with Crippen LogP contribution in [0.1, 0.15) is 13.3 Å². The van der Waals surface area contributed by atoms with Crippen molar-refractivity contribution in [2.75, 3.05) is 32.2 Å². The molecule has 0 unspecified atom stereocenters. The molecule has 2 aromatic heterocycles. The molecule has 4 rings (SSSR count). The predicted molar refractivity (Wildman–Crippen MR) is 120 cm³/mol. The number of aromatic nitrogens is 3. The van der Waals surface area contributed by atoms with Crippen LogP contribution < -0.4 is 10.1 Å². The first-order chi connectivity index (χ1) is 14.8. The Labute approximate surface area is 176 Å². The number of anilines is 1. The zero-order valence-electron chi connectivity index (χ0n) is 17.3.